The minimum atomic E-state index is -0.337. The van der Waals surface area contributed by atoms with Gasteiger partial charge in [-0.1, -0.05) is 0 Å². The molecule has 2 heterocycles. The molecule has 2 N–H and O–H groups in total. The van der Waals surface area contributed by atoms with Crippen LogP contribution >= 0.6 is 0 Å². The maximum absolute atomic E-state index is 11.3. The fraction of sp³-hybridized carbons (Fsp3) is 0.455. The van der Waals surface area contributed by atoms with Crippen LogP contribution < -0.4 is 10.6 Å². The first-order chi connectivity index (χ1) is 8.22. The largest absolute Gasteiger partial charge is 0.368 e. The first kappa shape index (κ1) is 11.3. The van der Waals surface area contributed by atoms with E-state index in [-0.39, 0.29) is 17.6 Å². The Morgan fingerprint density at radius 1 is 1.47 bits per heavy atom. The summed E-state index contributed by atoms with van der Waals surface area (Å²) in [5, 5.41) is 8.64. The average Bonchev–Trinajstić information content (AvgIpc) is 2.39. The highest BCUT2D eigenvalue weighted by atomic mass is 16.1. The number of carbonyl (C=O) groups excluding carboxylic acids is 1. The molecule has 0 spiro atoms. The number of anilines is 1. The maximum atomic E-state index is 11.3. The second-order valence-electron chi connectivity index (χ2n) is 3.98. The molecule has 6 heteroatoms. The third-order valence-corrected chi connectivity index (χ3v) is 2.88. The lowest BCUT2D eigenvalue weighted by atomic mass is 10.0. The molecule has 1 fully saturated rings. The molecule has 88 valence electrons. The van der Waals surface area contributed by atoms with Gasteiger partial charge in [-0.3, -0.25) is 4.79 Å². The van der Waals surface area contributed by atoms with Crippen molar-refractivity contribution in [3.8, 4) is 6.07 Å². The molecule has 0 aliphatic carbocycles. The van der Waals surface area contributed by atoms with Crippen molar-refractivity contribution in [2.24, 2.45) is 5.73 Å². The van der Waals surface area contributed by atoms with Crippen molar-refractivity contribution in [1.82, 2.24) is 9.97 Å². The topological polar surface area (TPSA) is 95.9 Å². The third kappa shape index (κ3) is 2.33. The highest BCUT2D eigenvalue weighted by Gasteiger charge is 2.27. The van der Waals surface area contributed by atoms with E-state index in [0.717, 1.165) is 25.8 Å². The molecule has 0 aromatic carbocycles. The van der Waals surface area contributed by atoms with Gasteiger partial charge < -0.3 is 10.6 Å². The van der Waals surface area contributed by atoms with E-state index in [0.29, 0.717) is 5.82 Å². The molecule has 2 rings (SSSR count). The second kappa shape index (κ2) is 4.78. The van der Waals surface area contributed by atoms with E-state index in [4.69, 9.17) is 11.0 Å². The van der Waals surface area contributed by atoms with Crippen LogP contribution in [0.2, 0.25) is 0 Å². The summed E-state index contributed by atoms with van der Waals surface area (Å²) in [5.41, 5.74) is 5.64. The monoisotopic (exact) mass is 231 g/mol. The molecule has 1 atom stereocenters. The number of piperidine rings is 1. The zero-order valence-corrected chi connectivity index (χ0v) is 9.33. The number of primary amides is 1. The minimum Gasteiger partial charge on any atom is -0.368 e. The molecule has 17 heavy (non-hydrogen) atoms. The van der Waals surface area contributed by atoms with Gasteiger partial charge in [0.25, 0.3) is 0 Å². The molecule has 1 amide bonds. The van der Waals surface area contributed by atoms with Gasteiger partial charge in [-0.25, -0.2) is 9.97 Å². The number of aromatic nitrogens is 2. The van der Waals surface area contributed by atoms with Crippen LogP contribution in [-0.2, 0) is 4.79 Å². The number of nitriles is 1. The van der Waals surface area contributed by atoms with Crippen molar-refractivity contribution in [2.45, 2.75) is 25.3 Å². The van der Waals surface area contributed by atoms with Crippen LogP contribution in [0.15, 0.2) is 12.4 Å². The van der Waals surface area contributed by atoms with Crippen LogP contribution in [0.5, 0.6) is 0 Å². The summed E-state index contributed by atoms with van der Waals surface area (Å²) in [4.78, 5) is 21.3. The van der Waals surface area contributed by atoms with Gasteiger partial charge in [0.05, 0.1) is 12.4 Å². The summed E-state index contributed by atoms with van der Waals surface area (Å²) >= 11 is 0. The first-order valence-electron chi connectivity index (χ1n) is 5.50. The van der Waals surface area contributed by atoms with Crippen LogP contribution in [0.4, 0.5) is 5.82 Å². The number of hydrogen-bond donors (Lipinski definition) is 1. The van der Waals surface area contributed by atoms with Crippen LogP contribution in [0.3, 0.4) is 0 Å². The predicted molar refractivity (Wildman–Crippen MR) is 60.9 cm³/mol. The number of carbonyl (C=O) groups is 1. The average molecular weight is 231 g/mol. The van der Waals surface area contributed by atoms with E-state index in [9.17, 15) is 4.79 Å². The molecule has 1 unspecified atom stereocenters. The Hall–Kier alpha value is -2.16. The van der Waals surface area contributed by atoms with Crippen molar-refractivity contribution in [3.63, 3.8) is 0 Å². The van der Waals surface area contributed by atoms with Gasteiger partial charge in [-0.2, -0.15) is 5.26 Å². The molecule has 1 aliphatic rings. The summed E-state index contributed by atoms with van der Waals surface area (Å²) < 4.78 is 0. The summed E-state index contributed by atoms with van der Waals surface area (Å²) in [5.74, 6) is 0.267. The molecule has 1 aromatic heterocycles. The van der Waals surface area contributed by atoms with Gasteiger partial charge in [-0.15, -0.1) is 0 Å². The number of rotatable bonds is 2. The highest BCUT2D eigenvalue weighted by Crippen LogP contribution is 2.22. The van der Waals surface area contributed by atoms with Gasteiger partial charge in [0.1, 0.15) is 17.9 Å². The zero-order chi connectivity index (χ0) is 12.3. The lowest BCUT2D eigenvalue weighted by Gasteiger charge is -2.34. The molecule has 0 bridgehead atoms. The first-order valence-corrected chi connectivity index (χ1v) is 5.50. The van der Waals surface area contributed by atoms with E-state index in [1.807, 2.05) is 11.0 Å². The molecule has 1 aliphatic heterocycles. The molecule has 0 saturated carbocycles. The molecular formula is C11H13N5O. The van der Waals surface area contributed by atoms with E-state index in [2.05, 4.69) is 9.97 Å². The molecule has 1 saturated heterocycles. The Morgan fingerprint density at radius 2 is 2.29 bits per heavy atom. The fourth-order valence-corrected chi connectivity index (χ4v) is 2.03. The van der Waals surface area contributed by atoms with Gasteiger partial charge in [-0.05, 0) is 19.3 Å². The summed E-state index contributed by atoms with van der Waals surface area (Å²) in [6, 6.07) is 1.59. The zero-order valence-electron chi connectivity index (χ0n) is 9.33. The van der Waals surface area contributed by atoms with Crippen molar-refractivity contribution in [3.05, 3.63) is 18.1 Å². The van der Waals surface area contributed by atoms with E-state index in [1.165, 1.54) is 12.4 Å². The normalized spacial score (nSPS) is 19.7. The predicted octanol–water partition coefficient (Wildman–Crippen LogP) is 0.192. The van der Waals surface area contributed by atoms with Gasteiger partial charge in [0, 0.05) is 6.54 Å². The Labute approximate surface area is 99.1 Å². The Balaban J connectivity index is 2.24. The number of nitrogens with zero attached hydrogens (tertiary/aromatic N) is 4. The smallest absolute Gasteiger partial charge is 0.240 e. The number of hydrogen-bond acceptors (Lipinski definition) is 5. The van der Waals surface area contributed by atoms with Crippen LogP contribution in [-0.4, -0.2) is 28.5 Å². The summed E-state index contributed by atoms with van der Waals surface area (Å²) in [7, 11) is 0. The SMILES string of the molecule is N#Cc1cnc(N2CCCCC2C(N)=O)cn1. The van der Waals surface area contributed by atoms with Crippen LogP contribution in [0.1, 0.15) is 25.0 Å². The Bertz CT molecular complexity index is 450. The van der Waals surface area contributed by atoms with Crippen molar-refractivity contribution < 1.29 is 4.79 Å². The van der Waals surface area contributed by atoms with Crippen molar-refractivity contribution in [2.75, 3.05) is 11.4 Å². The maximum Gasteiger partial charge on any atom is 0.240 e. The van der Waals surface area contributed by atoms with Gasteiger partial charge in [0.2, 0.25) is 5.91 Å². The molecule has 0 radical (unpaired) electrons. The third-order valence-electron chi connectivity index (χ3n) is 2.88. The number of amides is 1. The van der Waals surface area contributed by atoms with Gasteiger partial charge >= 0.3 is 0 Å². The lowest BCUT2D eigenvalue weighted by molar-refractivity contribution is -0.119. The van der Waals surface area contributed by atoms with Crippen LogP contribution in [0.25, 0.3) is 0 Å². The standard InChI is InChI=1S/C11H13N5O/c12-5-8-6-15-10(7-14-8)16-4-2-1-3-9(16)11(13)17/h6-7,9H,1-4H2,(H2,13,17). The highest BCUT2D eigenvalue weighted by molar-refractivity contribution is 5.83. The molecular weight excluding hydrogens is 218 g/mol. The van der Waals surface area contributed by atoms with E-state index >= 15 is 0 Å². The fourth-order valence-electron chi connectivity index (χ4n) is 2.03. The van der Waals surface area contributed by atoms with Crippen LogP contribution in [0, 0.1) is 11.3 Å². The van der Waals surface area contributed by atoms with Crippen molar-refractivity contribution >= 4 is 11.7 Å². The minimum absolute atomic E-state index is 0.265. The van der Waals surface area contributed by atoms with E-state index in [1.54, 1.807) is 0 Å². The summed E-state index contributed by atoms with van der Waals surface area (Å²) in [6.45, 7) is 0.744. The van der Waals surface area contributed by atoms with Gasteiger partial charge in [0.15, 0.2) is 5.69 Å². The lowest BCUT2D eigenvalue weighted by Crippen LogP contribution is -2.48. The van der Waals surface area contributed by atoms with Crippen molar-refractivity contribution in [1.29, 1.82) is 5.26 Å². The summed E-state index contributed by atoms with van der Waals surface area (Å²) in [6.07, 6.45) is 5.66. The number of nitrogens with two attached hydrogens (primary N) is 1. The quantitative estimate of drug-likeness (QED) is 0.783. The molecule has 6 nitrogen and oxygen atoms in total. The van der Waals surface area contributed by atoms with E-state index < -0.39 is 0 Å². The second-order valence-corrected chi connectivity index (χ2v) is 3.98. The Morgan fingerprint density at radius 3 is 2.88 bits per heavy atom. The Kier molecular flexibility index (Phi) is 3.19. The molecule has 1 aromatic rings.